The van der Waals surface area contributed by atoms with Crippen LogP contribution in [0.4, 0.5) is 5.69 Å². The molecule has 0 atom stereocenters. The molecule has 0 fully saturated rings. The summed E-state index contributed by atoms with van der Waals surface area (Å²) in [5.41, 5.74) is 5.81. The van der Waals surface area contributed by atoms with Crippen molar-refractivity contribution in [1.29, 1.82) is 0 Å². The number of rotatable bonds is 3. The number of halogens is 2. The molecule has 3 N–H and O–H groups in total. The average molecular weight is 310 g/mol. The second kappa shape index (κ2) is 5.90. The Kier molecular flexibility index (Phi) is 4.22. The molecule has 2 amide bonds. The Morgan fingerprint density at radius 1 is 1.15 bits per heavy atom. The summed E-state index contributed by atoms with van der Waals surface area (Å²) in [5.74, 6) is -1.08. The van der Waals surface area contributed by atoms with E-state index < -0.39 is 11.8 Å². The minimum atomic E-state index is -0.658. The van der Waals surface area contributed by atoms with Gasteiger partial charge in [0.15, 0.2) is 0 Å². The number of carbonyl (C=O) groups excluding carboxylic acids is 2. The highest BCUT2D eigenvalue weighted by atomic mass is 35.5. The predicted molar refractivity (Wildman–Crippen MR) is 77.2 cm³/mol. The summed E-state index contributed by atoms with van der Waals surface area (Å²) < 4.78 is 0. The number of benzene rings is 1. The Morgan fingerprint density at radius 3 is 2.50 bits per heavy atom. The maximum Gasteiger partial charge on any atom is 0.267 e. The molecule has 5 nitrogen and oxygen atoms in total. The Morgan fingerprint density at radius 2 is 1.90 bits per heavy atom. The summed E-state index contributed by atoms with van der Waals surface area (Å²) in [7, 11) is 0. The molecule has 1 aromatic carbocycles. The van der Waals surface area contributed by atoms with E-state index in [9.17, 15) is 9.59 Å². The molecule has 2 aromatic rings. The van der Waals surface area contributed by atoms with Gasteiger partial charge in [0.1, 0.15) is 5.69 Å². The zero-order valence-electron chi connectivity index (χ0n) is 10.1. The summed E-state index contributed by atoms with van der Waals surface area (Å²) in [4.78, 5) is 26.7. The highest BCUT2D eigenvalue weighted by Gasteiger charge is 2.11. The minimum Gasteiger partial charge on any atom is -0.364 e. The van der Waals surface area contributed by atoms with E-state index in [0.717, 1.165) is 0 Å². The van der Waals surface area contributed by atoms with Crippen molar-refractivity contribution in [3.63, 3.8) is 0 Å². The van der Waals surface area contributed by atoms with Crippen LogP contribution in [0.15, 0.2) is 36.5 Å². The van der Waals surface area contributed by atoms with Crippen molar-refractivity contribution >= 4 is 40.7 Å². The third kappa shape index (κ3) is 3.07. The molecule has 0 bridgehead atoms. The Bertz CT molecular complexity index is 672. The standard InChI is InChI=1S/C13H9Cl2N3O2/c14-8-2-1-3-9(11(8)15)18-13(20)7-4-5-10(12(16)19)17-6-7/h1-6H,(H2,16,19)(H,18,20). The second-order valence-corrected chi connectivity index (χ2v) is 4.64. The zero-order chi connectivity index (χ0) is 14.7. The number of aromatic nitrogens is 1. The molecule has 1 heterocycles. The van der Waals surface area contributed by atoms with Gasteiger partial charge in [0, 0.05) is 6.20 Å². The number of hydrogen-bond donors (Lipinski definition) is 2. The first-order valence-electron chi connectivity index (χ1n) is 5.50. The first kappa shape index (κ1) is 14.3. The van der Waals surface area contributed by atoms with Gasteiger partial charge in [-0.3, -0.25) is 14.6 Å². The SMILES string of the molecule is NC(=O)c1ccc(C(=O)Nc2cccc(Cl)c2Cl)cn1. The van der Waals surface area contributed by atoms with Crippen LogP contribution in [-0.4, -0.2) is 16.8 Å². The molecular weight excluding hydrogens is 301 g/mol. The minimum absolute atomic E-state index is 0.0855. The monoisotopic (exact) mass is 309 g/mol. The van der Waals surface area contributed by atoms with Gasteiger partial charge in [0.2, 0.25) is 0 Å². The Labute approximate surface area is 124 Å². The quantitative estimate of drug-likeness (QED) is 0.914. The van der Waals surface area contributed by atoms with E-state index in [1.165, 1.54) is 18.3 Å². The number of primary amides is 1. The highest BCUT2D eigenvalue weighted by Crippen LogP contribution is 2.29. The topological polar surface area (TPSA) is 85.1 Å². The number of nitrogens with one attached hydrogen (secondary N) is 1. The molecule has 0 saturated heterocycles. The first-order valence-corrected chi connectivity index (χ1v) is 6.26. The molecule has 20 heavy (non-hydrogen) atoms. The third-order valence-electron chi connectivity index (χ3n) is 2.48. The van der Waals surface area contributed by atoms with Gasteiger partial charge < -0.3 is 11.1 Å². The zero-order valence-corrected chi connectivity index (χ0v) is 11.6. The van der Waals surface area contributed by atoms with Crippen LogP contribution < -0.4 is 11.1 Å². The maximum absolute atomic E-state index is 12.0. The number of nitrogens with two attached hydrogens (primary N) is 1. The smallest absolute Gasteiger partial charge is 0.267 e. The van der Waals surface area contributed by atoms with E-state index in [2.05, 4.69) is 10.3 Å². The van der Waals surface area contributed by atoms with Gasteiger partial charge in [-0.05, 0) is 24.3 Å². The molecule has 0 spiro atoms. The van der Waals surface area contributed by atoms with Crippen LogP contribution in [0.1, 0.15) is 20.8 Å². The van der Waals surface area contributed by atoms with Crippen molar-refractivity contribution in [2.24, 2.45) is 5.73 Å². The molecule has 0 saturated carbocycles. The van der Waals surface area contributed by atoms with Gasteiger partial charge in [-0.25, -0.2) is 0 Å². The molecule has 102 valence electrons. The summed E-state index contributed by atoms with van der Waals surface area (Å²) >= 11 is 11.8. The number of nitrogens with zero attached hydrogens (tertiary/aromatic N) is 1. The van der Waals surface area contributed by atoms with Crippen molar-refractivity contribution in [2.75, 3.05) is 5.32 Å². The van der Waals surface area contributed by atoms with Crippen LogP contribution >= 0.6 is 23.2 Å². The van der Waals surface area contributed by atoms with Gasteiger partial charge in [-0.1, -0.05) is 29.3 Å². The van der Waals surface area contributed by atoms with Crippen LogP contribution in [0, 0.1) is 0 Å². The van der Waals surface area contributed by atoms with E-state index in [4.69, 9.17) is 28.9 Å². The van der Waals surface area contributed by atoms with Gasteiger partial charge in [-0.15, -0.1) is 0 Å². The van der Waals surface area contributed by atoms with Crippen molar-refractivity contribution in [3.8, 4) is 0 Å². The molecule has 0 aliphatic carbocycles. The lowest BCUT2D eigenvalue weighted by atomic mass is 10.2. The number of pyridine rings is 1. The fourth-order valence-corrected chi connectivity index (χ4v) is 1.82. The summed E-state index contributed by atoms with van der Waals surface area (Å²) in [6, 6.07) is 7.72. The van der Waals surface area contributed by atoms with E-state index in [0.29, 0.717) is 10.7 Å². The van der Waals surface area contributed by atoms with E-state index in [1.807, 2.05) is 0 Å². The van der Waals surface area contributed by atoms with Crippen molar-refractivity contribution < 1.29 is 9.59 Å². The number of anilines is 1. The largest absolute Gasteiger partial charge is 0.364 e. The van der Waals surface area contributed by atoms with E-state index in [1.54, 1.807) is 18.2 Å². The molecule has 0 radical (unpaired) electrons. The summed E-state index contributed by atoms with van der Waals surface area (Å²) in [6.07, 6.45) is 1.26. The highest BCUT2D eigenvalue weighted by molar-refractivity contribution is 6.44. The summed E-state index contributed by atoms with van der Waals surface area (Å²) in [5, 5.41) is 3.20. The molecule has 0 unspecified atom stereocenters. The molecule has 0 aliphatic rings. The van der Waals surface area contributed by atoms with Gasteiger partial charge in [0.05, 0.1) is 21.3 Å². The van der Waals surface area contributed by atoms with Crippen LogP contribution in [0.2, 0.25) is 10.0 Å². The number of amides is 2. The third-order valence-corrected chi connectivity index (χ3v) is 3.30. The van der Waals surface area contributed by atoms with Crippen LogP contribution in [-0.2, 0) is 0 Å². The number of hydrogen-bond acceptors (Lipinski definition) is 3. The van der Waals surface area contributed by atoms with Crippen LogP contribution in [0.3, 0.4) is 0 Å². The van der Waals surface area contributed by atoms with Crippen molar-refractivity contribution in [2.45, 2.75) is 0 Å². The van der Waals surface area contributed by atoms with Gasteiger partial charge >= 0.3 is 0 Å². The van der Waals surface area contributed by atoms with Crippen molar-refractivity contribution in [3.05, 3.63) is 57.8 Å². The number of carbonyl (C=O) groups is 2. The average Bonchev–Trinajstić information content (AvgIpc) is 2.44. The fraction of sp³-hybridized carbons (Fsp3) is 0. The lowest BCUT2D eigenvalue weighted by molar-refractivity contribution is 0.0990. The van der Waals surface area contributed by atoms with Crippen LogP contribution in [0.25, 0.3) is 0 Å². The molecule has 7 heteroatoms. The van der Waals surface area contributed by atoms with Gasteiger partial charge in [-0.2, -0.15) is 0 Å². The van der Waals surface area contributed by atoms with E-state index in [-0.39, 0.29) is 16.3 Å². The Balaban J connectivity index is 2.20. The molecular formula is C13H9Cl2N3O2. The van der Waals surface area contributed by atoms with Crippen LogP contribution in [0.5, 0.6) is 0 Å². The lowest BCUT2D eigenvalue weighted by Crippen LogP contribution is -2.16. The van der Waals surface area contributed by atoms with Crippen molar-refractivity contribution in [1.82, 2.24) is 4.98 Å². The lowest BCUT2D eigenvalue weighted by Gasteiger charge is -2.08. The first-order chi connectivity index (χ1) is 9.49. The van der Waals surface area contributed by atoms with Gasteiger partial charge in [0.25, 0.3) is 11.8 Å². The second-order valence-electron chi connectivity index (χ2n) is 3.85. The maximum atomic E-state index is 12.0. The fourth-order valence-electron chi connectivity index (χ4n) is 1.47. The van der Waals surface area contributed by atoms with E-state index >= 15 is 0 Å². The predicted octanol–water partition coefficient (Wildman–Crippen LogP) is 2.74. The normalized spacial score (nSPS) is 10.1. The summed E-state index contributed by atoms with van der Waals surface area (Å²) in [6.45, 7) is 0. The molecule has 1 aromatic heterocycles. The molecule has 2 rings (SSSR count). The Hall–Kier alpha value is -2.11. The molecule has 0 aliphatic heterocycles.